The minimum Gasteiger partial charge on any atom is -0.459 e. The second kappa shape index (κ2) is 8.22. The third kappa shape index (κ3) is 4.22. The van der Waals surface area contributed by atoms with Crippen molar-refractivity contribution in [1.29, 1.82) is 0 Å². The second-order valence-electron chi connectivity index (χ2n) is 8.76. The maximum atomic E-state index is 13.6. The summed E-state index contributed by atoms with van der Waals surface area (Å²) in [5.74, 6) is 0.617. The number of carbonyl (C=O) groups is 1. The molecule has 1 aliphatic rings. The molecule has 7 nitrogen and oxygen atoms in total. The number of ether oxygens (including phenoxy) is 1. The van der Waals surface area contributed by atoms with Gasteiger partial charge in [-0.1, -0.05) is 0 Å². The van der Waals surface area contributed by atoms with E-state index in [1.54, 1.807) is 23.5 Å². The van der Waals surface area contributed by atoms with Crippen LogP contribution in [0, 0.1) is 26.6 Å². The topological polar surface area (TPSA) is 81.4 Å². The van der Waals surface area contributed by atoms with E-state index in [9.17, 15) is 9.18 Å². The largest absolute Gasteiger partial charge is 0.459 e. The summed E-state index contributed by atoms with van der Waals surface area (Å²) in [7, 11) is 0. The molecule has 168 valence electrons. The molecule has 4 rings (SSSR count). The molecule has 1 N–H and O–H groups in total. The number of thiophene rings is 1. The maximum absolute atomic E-state index is 13.6. The Hall–Kier alpha value is -2.91. The zero-order valence-electron chi connectivity index (χ0n) is 19.0. The number of carbonyl (C=O) groups excluding carboxylic acids is 1. The molecule has 32 heavy (non-hydrogen) atoms. The molecule has 3 aromatic rings. The number of hydrogen-bond donors (Lipinski definition) is 1. The molecule has 0 saturated carbocycles. The number of hydrogen-bond acceptors (Lipinski definition) is 7. The Morgan fingerprint density at radius 1 is 1.19 bits per heavy atom. The quantitative estimate of drug-likeness (QED) is 0.597. The van der Waals surface area contributed by atoms with Gasteiger partial charge in [0.05, 0.1) is 12.3 Å². The van der Waals surface area contributed by atoms with Gasteiger partial charge in [-0.25, -0.2) is 4.39 Å². The number of aliphatic imine (C=N–C) groups is 1. The van der Waals surface area contributed by atoms with Gasteiger partial charge in [0, 0.05) is 16.0 Å². The van der Waals surface area contributed by atoms with Crippen molar-refractivity contribution in [1.82, 2.24) is 20.1 Å². The van der Waals surface area contributed by atoms with Crippen LogP contribution < -0.4 is 5.32 Å². The van der Waals surface area contributed by atoms with Crippen LogP contribution in [0.25, 0.3) is 5.00 Å². The van der Waals surface area contributed by atoms with Crippen molar-refractivity contribution in [2.45, 2.75) is 53.3 Å². The lowest BCUT2D eigenvalue weighted by atomic mass is 10.00. The van der Waals surface area contributed by atoms with E-state index in [4.69, 9.17) is 9.73 Å². The molecule has 3 heterocycles. The number of nitrogens with one attached hydrogen (secondary N) is 1. The lowest BCUT2D eigenvalue weighted by Crippen LogP contribution is -2.34. The number of esters is 1. The normalized spacial score (nSPS) is 15.6. The van der Waals surface area contributed by atoms with E-state index < -0.39 is 11.8 Å². The van der Waals surface area contributed by atoms with E-state index in [-0.39, 0.29) is 18.3 Å². The fourth-order valence-corrected chi connectivity index (χ4v) is 4.84. The predicted molar refractivity (Wildman–Crippen MR) is 122 cm³/mol. The summed E-state index contributed by atoms with van der Waals surface area (Å²) in [5.41, 5.74) is 2.98. The summed E-state index contributed by atoms with van der Waals surface area (Å²) >= 11 is 1.64. The van der Waals surface area contributed by atoms with Gasteiger partial charge in [0.15, 0.2) is 12.0 Å². The van der Waals surface area contributed by atoms with E-state index in [2.05, 4.69) is 29.4 Å². The van der Waals surface area contributed by atoms with Crippen molar-refractivity contribution >= 4 is 23.0 Å². The Labute approximate surface area is 190 Å². The highest BCUT2D eigenvalue weighted by Gasteiger charge is 2.31. The summed E-state index contributed by atoms with van der Waals surface area (Å²) in [6.07, 6.45) is -0.636. The average molecular weight is 456 g/mol. The number of aromatic nitrogens is 3. The molecule has 0 amide bonds. The Kier molecular flexibility index (Phi) is 5.72. The molecule has 9 heteroatoms. The molecule has 1 aliphatic heterocycles. The number of aryl methyl sites for hydroxylation is 2. The third-order valence-corrected chi connectivity index (χ3v) is 6.33. The second-order valence-corrected chi connectivity index (χ2v) is 9.96. The number of fused-ring (bicyclic) bond motifs is 3. The third-order valence-electron chi connectivity index (χ3n) is 5.14. The Bertz CT molecular complexity index is 1200. The Balaban J connectivity index is 1.83. The van der Waals surface area contributed by atoms with Gasteiger partial charge < -0.3 is 4.74 Å². The number of rotatable bonds is 4. The van der Waals surface area contributed by atoms with Crippen LogP contribution in [-0.4, -0.2) is 38.6 Å². The summed E-state index contributed by atoms with van der Waals surface area (Å²) in [6, 6.07) is 6.28. The number of nitrogens with zero attached hydrogens (tertiary/aromatic N) is 4. The lowest BCUT2D eigenvalue weighted by Gasteiger charge is -2.20. The lowest BCUT2D eigenvalue weighted by molar-refractivity contribution is -0.153. The molecule has 0 fully saturated rings. The zero-order valence-corrected chi connectivity index (χ0v) is 19.8. The molecule has 0 bridgehead atoms. The zero-order chi connectivity index (χ0) is 23.2. The number of halogens is 1. The van der Waals surface area contributed by atoms with Gasteiger partial charge >= 0.3 is 5.97 Å². The first-order chi connectivity index (χ1) is 15.0. The van der Waals surface area contributed by atoms with Gasteiger partial charge in [-0.05, 0) is 71.4 Å². The monoisotopic (exact) mass is 455 g/mol. The number of benzene rings is 1. The minimum absolute atomic E-state index is 0.0420. The van der Waals surface area contributed by atoms with Crippen molar-refractivity contribution in [3.05, 3.63) is 63.3 Å². The summed E-state index contributed by atoms with van der Waals surface area (Å²) < 4.78 is 21.0. The molecular formula is C23H26FN5O2S. The van der Waals surface area contributed by atoms with Crippen LogP contribution in [0.5, 0.6) is 0 Å². The maximum Gasteiger partial charge on any atom is 0.320 e. The van der Waals surface area contributed by atoms with Crippen molar-refractivity contribution in [2.24, 2.45) is 4.99 Å². The fourth-order valence-electron chi connectivity index (χ4n) is 3.62. The van der Waals surface area contributed by atoms with Crippen molar-refractivity contribution in [2.75, 3.05) is 6.54 Å². The average Bonchev–Trinajstić information content (AvgIpc) is 3.17. The van der Waals surface area contributed by atoms with E-state index >= 15 is 0 Å². The van der Waals surface area contributed by atoms with Crippen LogP contribution in [0.15, 0.2) is 29.3 Å². The molecule has 2 aromatic heterocycles. The van der Waals surface area contributed by atoms with Gasteiger partial charge in [-0.15, -0.1) is 21.5 Å². The molecule has 0 saturated heterocycles. The van der Waals surface area contributed by atoms with E-state index in [1.807, 2.05) is 32.3 Å². The van der Waals surface area contributed by atoms with Gasteiger partial charge in [-0.3, -0.25) is 19.7 Å². The first-order valence-corrected chi connectivity index (χ1v) is 11.2. The van der Waals surface area contributed by atoms with E-state index in [1.165, 1.54) is 12.1 Å². The van der Waals surface area contributed by atoms with Crippen LogP contribution in [0.2, 0.25) is 0 Å². The highest BCUT2D eigenvalue weighted by molar-refractivity contribution is 7.15. The Morgan fingerprint density at radius 3 is 2.53 bits per heavy atom. The first-order valence-electron chi connectivity index (χ1n) is 10.4. The SMILES string of the molecule is Cc1sc2c(c1C)C(c1ccc(F)cc1)=NC(NCC(=O)OC(C)(C)C)c1nnc(C)n1-2. The van der Waals surface area contributed by atoms with E-state index in [0.717, 1.165) is 32.4 Å². The van der Waals surface area contributed by atoms with Crippen LogP contribution in [-0.2, 0) is 9.53 Å². The van der Waals surface area contributed by atoms with Crippen molar-refractivity contribution in [3.63, 3.8) is 0 Å². The molecule has 1 aromatic carbocycles. The Morgan fingerprint density at radius 2 is 1.88 bits per heavy atom. The van der Waals surface area contributed by atoms with Gasteiger partial charge in [0.2, 0.25) is 0 Å². The smallest absolute Gasteiger partial charge is 0.320 e. The van der Waals surface area contributed by atoms with Crippen LogP contribution in [0.1, 0.15) is 60.2 Å². The fraction of sp³-hybridized carbons (Fsp3) is 0.391. The molecule has 0 spiro atoms. The van der Waals surface area contributed by atoms with Crippen LogP contribution >= 0.6 is 11.3 Å². The molecule has 1 unspecified atom stereocenters. The van der Waals surface area contributed by atoms with Crippen molar-refractivity contribution < 1.29 is 13.9 Å². The summed E-state index contributed by atoms with van der Waals surface area (Å²) in [5, 5.41) is 12.8. The molecule has 1 atom stereocenters. The highest BCUT2D eigenvalue weighted by atomic mass is 32.1. The predicted octanol–water partition coefficient (Wildman–Crippen LogP) is 4.17. The van der Waals surface area contributed by atoms with Crippen molar-refractivity contribution in [3.8, 4) is 5.00 Å². The van der Waals surface area contributed by atoms with Gasteiger partial charge in [0.1, 0.15) is 22.2 Å². The molecule has 0 aliphatic carbocycles. The standard InChI is InChI=1S/C23H26FN5O2S/c1-12-13(2)32-22-18(12)19(15-7-9-16(24)10-8-15)26-20(21-28-27-14(3)29(21)22)25-11-17(30)31-23(4,5)6/h7-10,20,25H,11H2,1-6H3. The molecular weight excluding hydrogens is 429 g/mol. The summed E-state index contributed by atoms with van der Waals surface area (Å²) in [4.78, 5) is 18.5. The van der Waals surface area contributed by atoms with Crippen LogP contribution in [0.3, 0.4) is 0 Å². The first kappa shape index (κ1) is 22.3. The molecule has 0 radical (unpaired) electrons. The van der Waals surface area contributed by atoms with E-state index in [0.29, 0.717) is 11.5 Å². The van der Waals surface area contributed by atoms with Gasteiger partial charge in [0.25, 0.3) is 0 Å². The van der Waals surface area contributed by atoms with Gasteiger partial charge in [-0.2, -0.15) is 0 Å². The van der Waals surface area contributed by atoms with Crippen LogP contribution in [0.4, 0.5) is 4.39 Å². The summed E-state index contributed by atoms with van der Waals surface area (Å²) in [6.45, 7) is 11.4. The minimum atomic E-state index is -0.636. The highest BCUT2D eigenvalue weighted by Crippen LogP contribution is 2.38.